The van der Waals surface area contributed by atoms with E-state index in [2.05, 4.69) is 47.3 Å². The minimum absolute atomic E-state index is 0. The lowest BCUT2D eigenvalue weighted by Crippen LogP contribution is -2.42. The van der Waals surface area contributed by atoms with Gasteiger partial charge in [-0.2, -0.15) is 0 Å². The molecule has 0 aromatic heterocycles. The fourth-order valence-electron chi connectivity index (χ4n) is 3.76. The van der Waals surface area contributed by atoms with Gasteiger partial charge in [0.2, 0.25) is 0 Å². The minimum atomic E-state index is 0. The Kier molecular flexibility index (Phi) is 7.37. The van der Waals surface area contributed by atoms with E-state index in [4.69, 9.17) is 9.47 Å². The van der Waals surface area contributed by atoms with Crippen molar-refractivity contribution in [3.8, 4) is 5.75 Å². The number of ether oxygens (including phenoxy) is 2. The molecule has 1 N–H and O–H groups in total. The van der Waals surface area contributed by atoms with Gasteiger partial charge in [-0.1, -0.05) is 18.2 Å². The molecule has 1 atom stereocenters. The van der Waals surface area contributed by atoms with Gasteiger partial charge in [-0.3, -0.25) is 4.99 Å². The number of halogens is 1. The Hall–Kier alpha value is -1.02. The molecule has 0 aliphatic carbocycles. The molecule has 2 aliphatic rings. The van der Waals surface area contributed by atoms with Crippen molar-refractivity contribution in [3.05, 3.63) is 29.3 Å². The van der Waals surface area contributed by atoms with Crippen LogP contribution >= 0.6 is 24.0 Å². The first kappa shape index (κ1) is 20.3. The van der Waals surface area contributed by atoms with E-state index < -0.39 is 0 Å². The van der Waals surface area contributed by atoms with E-state index in [1.165, 1.54) is 24.0 Å². The normalized spacial score (nSPS) is 23.0. The molecule has 1 unspecified atom stereocenters. The van der Waals surface area contributed by atoms with E-state index in [1.807, 2.05) is 7.05 Å². The molecule has 3 rings (SSSR count). The van der Waals surface area contributed by atoms with Gasteiger partial charge >= 0.3 is 0 Å². The number of rotatable bonds is 4. The van der Waals surface area contributed by atoms with Gasteiger partial charge in [0.05, 0.1) is 13.2 Å². The van der Waals surface area contributed by atoms with Gasteiger partial charge < -0.3 is 19.7 Å². The quantitative estimate of drug-likeness (QED) is 0.326. The van der Waals surface area contributed by atoms with Crippen LogP contribution < -0.4 is 10.1 Å². The highest BCUT2D eigenvalue weighted by Crippen LogP contribution is 2.38. The third kappa shape index (κ3) is 4.78. The van der Waals surface area contributed by atoms with E-state index in [1.54, 1.807) is 0 Å². The predicted octanol–water partition coefficient (Wildman–Crippen LogP) is 2.99. The van der Waals surface area contributed by atoms with Crippen LogP contribution in [0.1, 0.15) is 24.0 Å². The number of aliphatic imine (C=N–C) groups is 1. The molecule has 0 bridgehead atoms. The average molecular weight is 459 g/mol. The highest BCUT2D eigenvalue weighted by Gasteiger charge is 2.42. The Balaban J connectivity index is 0.00000225. The second-order valence-corrected chi connectivity index (χ2v) is 7.02. The number of hydrogen-bond donors (Lipinski definition) is 1. The Labute approximate surface area is 168 Å². The molecule has 1 aromatic carbocycles. The summed E-state index contributed by atoms with van der Waals surface area (Å²) in [6.07, 6.45) is 2.38. The Morgan fingerprint density at radius 1 is 1.32 bits per heavy atom. The highest BCUT2D eigenvalue weighted by molar-refractivity contribution is 14.0. The lowest BCUT2D eigenvalue weighted by atomic mass is 9.87. The molecule has 2 heterocycles. The van der Waals surface area contributed by atoms with Crippen LogP contribution in [0.25, 0.3) is 0 Å². The van der Waals surface area contributed by atoms with Crippen LogP contribution in [0, 0.1) is 19.3 Å². The van der Waals surface area contributed by atoms with Crippen LogP contribution in [0.2, 0.25) is 0 Å². The lowest BCUT2D eigenvalue weighted by Gasteiger charge is -2.25. The second-order valence-electron chi connectivity index (χ2n) is 7.02. The summed E-state index contributed by atoms with van der Waals surface area (Å²) < 4.78 is 11.6. The first-order chi connectivity index (χ1) is 11.6. The van der Waals surface area contributed by atoms with Crippen molar-refractivity contribution in [3.63, 3.8) is 0 Å². The largest absolute Gasteiger partial charge is 0.491 e. The third-order valence-electron chi connectivity index (χ3n) is 5.17. The fraction of sp³-hybridized carbons (Fsp3) is 0.632. The van der Waals surface area contributed by atoms with Crippen molar-refractivity contribution in [2.24, 2.45) is 10.4 Å². The van der Waals surface area contributed by atoms with Crippen LogP contribution in [0.5, 0.6) is 5.75 Å². The summed E-state index contributed by atoms with van der Waals surface area (Å²) in [7, 11) is 1.85. The van der Waals surface area contributed by atoms with E-state index in [-0.39, 0.29) is 24.0 Å². The summed E-state index contributed by atoms with van der Waals surface area (Å²) in [5.41, 5.74) is 2.72. The number of benzene rings is 1. The number of nitrogens with zero attached hydrogens (tertiary/aromatic N) is 2. The van der Waals surface area contributed by atoms with E-state index in [9.17, 15) is 0 Å². The first-order valence-corrected chi connectivity index (χ1v) is 8.86. The van der Waals surface area contributed by atoms with Crippen LogP contribution in [-0.4, -0.2) is 57.4 Å². The average Bonchev–Trinajstić information content (AvgIpc) is 3.20. The van der Waals surface area contributed by atoms with Gasteiger partial charge in [-0.25, -0.2) is 0 Å². The molecule has 0 amide bonds. The molecule has 140 valence electrons. The summed E-state index contributed by atoms with van der Waals surface area (Å²) in [6, 6.07) is 6.23. The topological polar surface area (TPSA) is 46.1 Å². The van der Waals surface area contributed by atoms with Crippen molar-refractivity contribution >= 4 is 29.9 Å². The van der Waals surface area contributed by atoms with Crippen LogP contribution in [0.4, 0.5) is 0 Å². The number of guanidine groups is 1. The summed E-state index contributed by atoms with van der Waals surface area (Å²) in [5, 5.41) is 3.44. The number of aryl methyl sites for hydroxylation is 2. The zero-order valence-corrected chi connectivity index (χ0v) is 17.8. The molecule has 0 radical (unpaired) electrons. The first-order valence-electron chi connectivity index (χ1n) is 8.86. The second kappa shape index (κ2) is 9.07. The van der Waals surface area contributed by atoms with Gasteiger partial charge in [0.15, 0.2) is 5.96 Å². The van der Waals surface area contributed by atoms with Gasteiger partial charge in [-0.15, -0.1) is 24.0 Å². The Morgan fingerprint density at radius 3 is 2.72 bits per heavy atom. The summed E-state index contributed by atoms with van der Waals surface area (Å²) in [6.45, 7) is 9.46. The van der Waals surface area contributed by atoms with E-state index >= 15 is 0 Å². The molecule has 25 heavy (non-hydrogen) atoms. The van der Waals surface area contributed by atoms with Crippen LogP contribution in [-0.2, 0) is 4.74 Å². The number of nitrogens with one attached hydrogen (secondary N) is 1. The zero-order valence-electron chi connectivity index (χ0n) is 15.5. The highest BCUT2D eigenvalue weighted by atomic mass is 127. The molecular weight excluding hydrogens is 429 g/mol. The molecule has 2 aliphatic heterocycles. The molecule has 1 spiro atoms. The zero-order chi connectivity index (χ0) is 17.0. The van der Waals surface area contributed by atoms with Crippen molar-refractivity contribution < 1.29 is 9.47 Å². The monoisotopic (exact) mass is 459 g/mol. The number of hydrogen-bond acceptors (Lipinski definition) is 3. The fourth-order valence-corrected chi connectivity index (χ4v) is 3.76. The minimum Gasteiger partial charge on any atom is -0.491 e. The van der Waals surface area contributed by atoms with E-state index in [0.29, 0.717) is 12.0 Å². The molecule has 2 saturated heterocycles. The maximum atomic E-state index is 5.96. The summed E-state index contributed by atoms with van der Waals surface area (Å²) >= 11 is 0. The van der Waals surface area contributed by atoms with Gasteiger partial charge in [0.25, 0.3) is 0 Å². The maximum Gasteiger partial charge on any atom is 0.193 e. The predicted molar refractivity (Wildman–Crippen MR) is 112 cm³/mol. The van der Waals surface area contributed by atoms with Crippen molar-refractivity contribution in [1.29, 1.82) is 0 Å². The third-order valence-corrected chi connectivity index (χ3v) is 5.17. The van der Waals surface area contributed by atoms with Gasteiger partial charge in [-0.05, 0) is 37.8 Å². The van der Waals surface area contributed by atoms with Crippen molar-refractivity contribution in [2.45, 2.75) is 26.7 Å². The maximum absolute atomic E-state index is 5.96. The summed E-state index contributed by atoms with van der Waals surface area (Å²) in [4.78, 5) is 6.79. The number of para-hydroxylation sites is 1. The SMILES string of the molecule is CN=C(NCCOc1c(C)cccc1C)N1CCC2(CCOC2)C1.I. The smallest absolute Gasteiger partial charge is 0.193 e. The molecule has 2 fully saturated rings. The Morgan fingerprint density at radius 2 is 2.08 bits per heavy atom. The molecule has 0 saturated carbocycles. The van der Waals surface area contributed by atoms with E-state index in [0.717, 1.165) is 44.6 Å². The Bertz CT molecular complexity index is 580. The number of likely N-dealkylation sites (tertiary alicyclic amines) is 1. The molecule has 1 aromatic rings. The van der Waals surface area contributed by atoms with Gasteiger partial charge in [0, 0.05) is 32.2 Å². The molecule has 5 nitrogen and oxygen atoms in total. The van der Waals surface area contributed by atoms with Gasteiger partial charge in [0.1, 0.15) is 12.4 Å². The van der Waals surface area contributed by atoms with Crippen LogP contribution in [0.15, 0.2) is 23.2 Å². The molecular formula is C19H30IN3O2. The van der Waals surface area contributed by atoms with Crippen molar-refractivity contribution in [2.75, 3.05) is 46.5 Å². The lowest BCUT2D eigenvalue weighted by molar-refractivity contribution is 0.156. The van der Waals surface area contributed by atoms with Crippen LogP contribution in [0.3, 0.4) is 0 Å². The summed E-state index contributed by atoms with van der Waals surface area (Å²) in [5.74, 6) is 1.97. The molecule has 6 heteroatoms. The van der Waals surface area contributed by atoms with Crippen molar-refractivity contribution in [1.82, 2.24) is 10.2 Å². The standard InChI is InChI=1S/C19H29N3O2.HI/c1-15-5-4-6-16(2)17(15)24-12-9-21-18(20-3)22-10-7-19(13-22)8-11-23-14-19;/h4-6H,7-14H2,1-3H3,(H,20,21);1H.